The maximum atomic E-state index is 13.7. The van der Waals surface area contributed by atoms with E-state index in [1.165, 1.54) is 25.1 Å². The molecule has 2 amide bonds. The highest BCUT2D eigenvalue weighted by Crippen LogP contribution is 2.21. The van der Waals surface area contributed by atoms with Crippen LogP contribution in [0, 0.1) is 19.7 Å². The maximum absolute atomic E-state index is 13.7. The Bertz CT molecular complexity index is 987. The summed E-state index contributed by atoms with van der Waals surface area (Å²) < 4.78 is 15.8. The van der Waals surface area contributed by atoms with Crippen molar-refractivity contribution in [3.05, 3.63) is 77.4 Å². The van der Waals surface area contributed by atoms with Crippen molar-refractivity contribution in [2.75, 3.05) is 10.6 Å². The predicted octanol–water partition coefficient (Wildman–Crippen LogP) is 4.44. The van der Waals surface area contributed by atoms with Crippen LogP contribution in [0.2, 0.25) is 0 Å². The van der Waals surface area contributed by atoms with Gasteiger partial charge in [-0.05, 0) is 68.4 Å². The van der Waals surface area contributed by atoms with Gasteiger partial charge in [-0.3, -0.25) is 9.59 Å². The van der Waals surface area contributed by atoms with Gasteiger partial charge in [0.15, 0.2) is 0 Å². The Morgan fingerprint density at radius 1 is 0.889 bits per heavy atom. The molecule has 2 N–H and O–H groups in total. The van der Waals surface area contributed by atoms with Crippen molar-refractivity contribution in [1.82, 2.24) is 4.57 Å². The predicted molar refractivity (Wildman–Crippen MR) is 104 cm³/mol. The van der Waals surface area contributed by atoms with Crippen LogP contribution in [0.3, 0.4) is 0 Å². The normalized spacial score (nSPS) is 10.5. The Kier molecular flexibility index (Phi) is 5.07. The molecule has 1 heterocycles. The van der Waals surface area contributed by atoms with Crippen LogP contribution in [0.5, 0.6) is 0 Å². The molecule has 3 rings (SSSR count). The van der Waals surface area contributed by atoms with E-state index in [0.717, 1.165) is 17.1 Å². The summed E-state index contributed by atoms with van der Waals surface area (Å²) in [6.45, 7) is 5.34. The number of nitrogens with one attached hydrogen (secondary N) is 2. The van der Waals surface area contributed by atoms with E-state index in [1.54, 1.807) is 12.1 Å². The molecule has 5 nitrogen and oxygen atoms in total. The summed E-state index contributed by atoms with van der Waals surface area (Å²) in [5.41, 5.74) is 4.09. The summed E-state index contributed by atoms with van der Waals surface area (Å²) in [4.78, 5) is 23.6. The first kappa shape index (κ1) is 18.4. The quantitative estimate of drug-likeness (QED) is 0.718. The third-order valence-corrected chi connectivity index (χ3v) is 4.19. The third-order valence-electron chi connectivity index (χ3n) is 4.19. The van der Waals surface area contributed by atoms with Crippen molar-refractivity contribution in [2.24, 2.45) is 0 Å². The molecule has 0 aliphatic rings. The van der Waals surface area contributed by atoms with Crippen molar-refractivity contribution in [2.45, 2.75) is 20.8 Å². The molecule has 0 saturated carbocycles. The zero-order chi connectivity index (χ0) is 19.6. The van der Waals surface area contributed by atoms with Crippen molar-refractivity contribution < 1.29 is 14.0 Å². The number of amides is 2. The highest BCUT2D eigenvalue weighted by atomic mass is 19.1. The number of nitrogens with zero attached hydrogens (tertiary/aromatic N) is 1. The molecule has 6 heteroatoms. The number of aromatic nitrogens is 1. The average molecular weight is 365 g/mol. The lowest BCUT2D eigenvalue weighted by atomic mass is 10.1. The van der Waals surface area contributed by atoms with Crippen molar-refractivity contribution in [3.63, 3.8) is 0 Å². The number of rotatable bonds is 4. The Balaban J connectivity index is 1.78. The molecule has 0 aliphatic carbocycles. The number of aryl methyl sites for hydroxylation is 2. The maximum Gasteiger partial charge on any atom is 0.255 e. The molecule has 27 heavy (non-hydrogen) atoms. The Morgan fingerprint density at radius 3 is 2.11 bits per heavy atom. The van der Waals surface area contributed by atoms with Crippen LogP contribution in [0.25, 0.3) is 5.69 Å². The van der Waals surface area contributed by atoms with Gasteiger partial charge in [-0.15, -0.1) is 0 Å². The molecule has 2 aromatic carbocycles. The van der Waals surface area contributed by atoms with Gasteiger partial charge in [0.25, 0.3) is 5.91 Å². The molecule has 0 saturated heterocycles. The minimum absolute atomic E-state index is 0.0224. The van der Waals surface area contributed by atoms with Crippen molar-refractivity contribution in [3.8, 4) is 5.69 Å². The van der Waals surface area contributed by atoms with Gasteiger partial charge >= 0.3 is 0 Å². The molecule has 0 radical (unpaired) electrons. The number of benzene rings is 2. The van der Waals surface area contributed by atoms with Gasteiger partial charge in [-0.25, -0.2) is 4.39 Å². The fraction of sp³-hybridized carbons (Fsp3) is 0.143. The van der Waals surface area contributed by atoms with Crippen LogP contribution >= 0.6 is 0 Å². The van der Waals surface area contributed by atoms with E-state index in [-0.39, 0.29) is 17.5 Å². The van der Waals surface area contributed by atoms with Crippen LogP contribution in [-0.4, -0.2) is 16.4 Å². The summed E-state index contributed by atoms with van der Waals surface area (Å²) in [6.07, 6.45) is 0. The standard InChI is InChI=1S/C21H20FN3O2/c1-13-4-5-14(2)25(13)18-9-6-16(7-10-18)21(27)24-17-8-11-19(22)20(12-17)23-15(3)26/h4-12H,1-3H3,(H,23,26)(H,24,27). The second-order valence-corrected chi connectivity index (χ2v) is 6.33. The number of hydrogen-bond acceptors (Lipinski definition) is 2. The van der Waals surface area contributed by atoms with Gasteiger partial charge in [0.05, 0.1) is 5.69 Å². The summed E-state index contributed by atoms with van der Waals surface area (Å²) in [6, 6.07) is 15.3. The third kappa shape index (κ3) is 4.06. The first-order chi connectivity index (χ1) is 12.8. The molecule has 0 aliphatic heterocycles. The van der Waals surface area contributed by atoms with Gasteiger partial charge in [0.1, 0.15) is 5.82 Å². The average Bonchev–Trinajstić information content (AvgIpc) is 2.96. The van der Waals surface area contributed by atoms with Gasteiger partial charge in [0, 0.05) is 35.2 Å². The first-order valence-corrected chi connectivity index (χ1v) is 8.49. The van der Waals surface area contributed by atoms with E-state index >= 15 is 0 Å². The van der Waals surface area contributed by atoms with Crippen LogP contribution in [0.1, 0.15) is 28.7 Å². The number of carbonyl (C=O) groups is 2. The zero-order valence-electron chi connectivity index (χ0n) is 15.3. The lowest BCUT2D eigenvalue weighted by molar-refractivity contribution is -0.114. The minimum Gasteiger partial charge on any atom is -0.324 e. The van der Waals surface area contributed by atoms with E-state index in [2.05, 4.69) is 15.2 Å². The number of anilines is 2. The number of carbonyl (C=O) groups excluding carboxylic acids is 2. The summed E-state index contributed by atoms with van der Waals surface area (Å²) >= 11 is 0. The van der Waals surface area contributed by atoms with E-state index in [0.29, 0.717) is 11.3 Å². The summed E-state index contributed by atoms with van der Waals surface area (Å²) in [5, 5.41) is 5.10. The molecule has 1 aromatic heterocycles. The van der Waals surface area contributed by atoms with E-state index in [4.69, 9.17) is 0 Å². The molecule has 0 spiro atoms. The Morgan fingerprint density at radius 2 is 1.52 bits per heavy atom. The van der Waals surface area contributed by atoms with Gasteiger partial charge < -0.3 is 15.2 Å². The van der Waals surface area contributed by atoms with Crippen molar-refractivity contribution >= 4 is 23.2 Å². The summed E-state index contributed by atoms with van der Waals surface area (Å²) in [7, 11) is 0. The number of hydrogen-bond donors (Lipinski definition) is 2. The second-order valence-electron chi connectivity index (χ2n) is 6.33. The largest absolute Gasteiger partial charge is 0.324 e. The van der Waals surface area contributed by atoms with Crippen molar-refractivity contribution in [1.29, 1.82) is 0 Å². The van der Waals surface area contributed by atoms with Gasteiger partial charge in [-0.2, -0.15) is 0 Å². The van der Waals surface area contributed by atoms with Gasteiger partial charge in [-0.1, -0.05) is 0 Å². The monoisotopic (exact) mass is 365 g/mol. The molecular formula is C21H20FN3O2. The van der Waals surface area contributed by atoms with E-state index < -0.39 is 5.82 Å². The Labute approximate surface area is 156 Å². The molecule has 0 unspecified atom stereocenters. The highest BCUT2D eigenvalue weighted by Gasteiger charge is 2.10. The molecule has 0 atom stereocenters. The molecule has 0 fully saturated rings. The van der Waals surface area contributed by atoms with Crippen LogP contribution in [0.15, 0.2) is 54.6 Å². The van der Waals surface area contributed by atoms with Crippen LogP contribution in [-0.2, 0) is 4.79 Å². The smallest absolute Gasteiger partial charge is 0.255 e. The summed E-state index contributed by atoms with van der Waals surface area (Å²) in [5.74, 6) is -1.27. The zero-order valence-corrected chi connectivity index (χ0v) is 15.3. The minimum atomic E-state index is -0.565. The van der Waals surface area contributed by atoms with Gasteiger partial charge in [0.2, 0.25) is 5.91 Å². The number of halogens is 1. The SMILES string of the molecule is CC(=O)Nc1cc(NC(=O)c2ccc(-n3c(C)ccc3C)cc2)ccc1F. The Hall–Kier alpha value is -3.41. The highest BCUT2D eigenvalue weighted by molar-refractivity contribution is 6.04. The molecule has 138 valence electrons. The van der Waals surface area contributed by atoms with Crippen LogP contribution < -0.4 is 10.6 Å². The molecule has 0 bridgehead atoms. The topological polar surface area (TPSA) is 63.1 Å². The van der Waals surface area contributed by atoms with E-state index in [1.807, 2.05) is 38.1 Å². The van der Waals surface area contributed by atoms with Crippen LogP contribution in [0.4, 0.5) is 15.8 Å². The lowest BCUT2D eigenvalue weighted by Gasteiger charge is -2.11. The molecular weight excluding hydrogens is 345 g/mol. The van der Waals surface area contributed by atoms with E-state index in [9.17, 15) is 14.0 Å². The lowest BCUT2D eigenvalue weighted by Crippen LogP contribution is -2.13. The second kappa shape index (κ2) is 7.45. The fourth-order valence-electron chi connectivity index (χ4n) is 2.93. The first-order valence-electron chi connectivity index (χ1n) is 8.49. The fourth-order valence-corrected chi connectivity index (χ4v) is 2.93. The molecule has 3 aromatic rings.